The maximum Gasteiger partial charge on any atom is 0.109 e. The molecule has 0 amide bonds. The lowest BCUT2D eigenvalue weighted by Crippen LogP contribution is -1.85. The van der Waals surface area contributed by atoms with Crippen LogP contribution in [0.2, 0.25) is 0 Å². The molecule has 0 atom stereocenters. The number of hydrogen-bond donors (Lipinski definition) is 0. The lowest BCUT2D eigenvalue weighted by molar-refractivity contribution is 1.03. The second-order valence-corrected chi connectivity index (χ2v) is 1.86. The lowest BCUT2D eigenvalue weighted by atomic mass is 10.6. The SMILES string of the molecule is C/C=C/n1ccnc1C. The van der Waals surface area contributed by atoms with Crippen LogP contribution in [0.1, 0.15) is 12.7 Å². The molecule has 9 heavy (non-hydrogen) atoms. The fraction of sp³-hybridized carbons (Fsp3) is 0.286. The minimum absolute atomic E-state index is 1.02. The monoisotopic (exact) mass is 122 g/mol. The second kappa shape index (κ2) is 2.49. The normalized spacial score (nSPS) is 10.9. The van der Waals surface area contributed by atoms with Gasteiger partial charge in [0, 0.05) is 18.6 Å². The van der Waals surface area contributed by atoms with E-state index < -0.39 is 0 Å². The van der Waals surface area contributed by atoms with Gasteiger partial charge in [-0.3, -0.25) is 0 Å². The molecule has 0 saturated heterocycles. The average Bonchev–Trinajstić information content (AvgIpc) is 2.18. The summed E-state index contributed by atoms with van der Waals surface area (Å²) < 4.78 is 1.97. The van der Waals surface area contributed by atoms with Gasteiger partial charge in [-0.2, -0.15) is 0 Å². The Morgan fingerprint density at radius 1 is 1.67 bits per heavy atom. The molecule has 1 aromatic heterocycles. The lowest BCUT2D eigenvalue weighted by Gasteiger charge is -1.91. The number of hydrogen-bond acceptors (Lipinski definition) is 1. The van der Waals surface area contributed by atoms with Crippen molar-refractivity contribution < 1.29 is 0 Å². The van der Waals surface area contributed by atoms with E-state index in [4.69, 9.17) is 0 Å². The van der Waals surface area contributed by atoms with Crippen LogP contribution in [-0.4, -0.2) is 9.55 Å². The van der Waals surface area contributed by atoms with Crippen molar-refractivity contribution in [3.63, 3.8) is 0 Å². The molecule has 0 radical (unpaired) electrons. The predicted molar refractivity (Wildman–Crippen MR) is 38.0 cm³/mol. The molecule has 0 aliphatic carbocycles. The van der Waals surface area contributed by atoms with Crippen molar-refractivity contribution in [3.8, 4) is 0 Å². The molecule has 2 heteroatoms. The van der Waals surface area contributed by atoms with Gasteiger partial charge in [-0.1, -0.05) is 6.08 Å². The number of nitrogens with zero attached hydrogens (tertiary/aromatic N) is 2. The zero-order valence-corrected chi connectivity index (χ0v) is 5.70. The van der Waals surface area contributed by atoms with Gasteiger partial charge in [-0.15, -0.1) is 0 Å². The van der Waals surface area contributed by atoms with Crippen molar-refractivity contribution in [2.45, 2.75) is 13.8 Å². The molecule has 1 heterocycles. The third kappa shape index (κ3) is 1.19. The molecule has 0 fully saturated rings. The Kier molecular flexibility index (Phi) is 1.68. The Hall–Kier alpha value is -1.05. The Morgan fingerprint density at radius 3 is 2.89 bits per heavy atom. The van der Waals surface area contributed by atoms with Gasteiger partial charge in [0.2, 0.25) is 0 Å². The molecule has 48 valence electrons. The Labute approximate surface area is 54.8 Å². The Morgan fingerprint density at radius 2 is 2.44 bits per heavy atom. The van der Waals surface area contributed by atoms with Gasteiger partial charge in [0.05, 0.1) is 0 Å². The topological polar surface area (TPSA) is 17.8 Å². The van der Waals surface area contributed by atoms with Gasteiger partial charge in [-0.05, 0) is 13.8 Å². The molecule has 0 unspecified atom stereocenters. The first kappa shape index (κ1) is 6.08. The molecular weight excluding hydrogens is 112 g/mol. The average molecular weight is 122 g/mol. The van der Waals surface area contributed by atoms with E-state index in [9.17, 15) is 0 Å². The van der Waals surface area contributed by atoms with E-state index in [1.807, 2.05) is 36.9 Å². The first-order valence-electron chi connectivity index (χ1n) is 2.97. The van der Waals surface area contributed by atoms with E-state index in [1.165, 1.54) is 0 Å². The fourth-order valence-electron chi connectivity index (χ4n) is 0.706. The summed E-state index contributed by atoms with van der Waals surface area (Å²) in [6.45, 7) is 3.96. The van der Waals surface area contributed by atoms with Gasteiger partial charge < -0.3 is 4.57 Å². The summed E-state index contributed by atoms with van der Waals surface area (Å²) in [5, 5.41) is 0. The summed E-state index contributed by atoms with van der Waals surface area (Å²) in [5.74, 6) is 1.02. The predicted octanol–water partition coefficient (Wildman–Crippen LogP) is 1.68. The highest BCUT2D eigenvalue weighted by atomic mass is 15.0. The molecule has 0 saturated carbocycles. The number of allylic oxidation sites excluding steroid dienone is 1. The van der Waals surface area contributed by atoms with Crippen LogP contribution < -0.4 is 0 Å². The molecule has 0 N–H and O–H groups in total. The van der Waals surface area contributed by atoms with Gasteiger partial charge in [0.1, 0.15) is 5.82 Å². The van der Waals surface area contributed by atoms with Gasteiger partial charge >= 0.3 is 0 Å². The number of aromatic nitrogens is 2. The minimum Gasteiger partial charge on any atom is -0.311 e. The quantitative estimate of drug-likeness (QED) is 0.554. The molecule has 0 bridgehead atoms. The van der Waals surface area contributed by atoms with E-state index in [2.05, 4.69) is 4.98 Å². The molecule has 1 aromatic rings. The maximum absolute atomic E-state index is 4.05. The second-order valence-electron chi connectivity index (χ2n) is 1.86. The van der Waals surface area contributed by atoms with E-state index in [1.54, 1.807) is 6.20 Å². The highest BCUT2D eigenvalue weighted by molar-refractivity contribution is 5.22. The summed E-state index contributed by atoms with van der Waals surface area (Å²) in [6, 6.07) is 0. The van der Waals surface area contributed by atoms with E-state index in [0.717, 1.165) is 5.82 Å². The maximum atomic E-state index is 4.05. The summed E-state index contributed by atoms with van der Waals surface area (Å²) in [6.07, 6.45) is 7.67. The van der Waals surface area contributed by atoms with Crippen molar-refractivity contribution in [1.29, 1.82) is 0 Å². The summed E-state index contributed by atoms with van der Waals surface area (Å²) in [4.78, 5) is 4.05. The standard InChI is InChI=1S/C7H10N2/c1-3-5-9-6-4-8-7(9)2/h3-6H,1-2H3/b5-3+. The molecule has 0 aliphatic rings. The van der Waals surface area contributed by atoms with Gasteiger partial charge in [-0.25, -0.2) is 4.98 Å². The molecule has 0 aliphatic heterocycles. The Bertz CT molecular complexity index is 210. The summed E-state index contributed by atoms with van der Waals surface area (Å²) in [5.41, 5.74) is 0. The summed E-state index contributed by atoms with van der Waals surface area (Å²) in [7, 11) is 0. The van der Waals surface area contributed by atoms with Crippen LogP contribution in [0.15, 0.2) is 18.5 Å². The Balaban J connectivity index is 2.94. The van der Waals surface area contributed by atoms with Crippen LogP contribution >= 0.6 is 0 Å². The third-order valence-electron chi connectivity index (χ3n) is 1.17. The van der Waals surface area contributed by atoms with Crippen LogP contribution in [0.25, 0.3) is 6.20 Å². The number of rotatable bonds is 1. The van der Waals surface area contributed by atoms with Crippen molar-refractivity contribution in [2.75, 3.05) is 0 Å². The number of imidazole rings is 1. The molecule has 2 nitrogen and oxygen atoms in total. The van der Waals surface area contributed by atoms with E-state index in [-0.39, 0.29) is 0 Å². The molecule has 0 aromatic carbocycles. The van der Waals surface area contributed by atoms with Crippen molar-refractivity contribution in [2.24, 2.45) is 0 Å². The zero-order valence-electron chi connectivity index (χ0n) is 5.70. The van der Waals surface area contributed by atoms with Crippen LogP contribution in [0.4, 0.5) is 0 Å². The first-order chi connectivity index (χ1) is 4.34. The van der Waals surface area contributed by atoms with Crippen molar-refractivity contribution in [3.05, 3.63) is 24.3 Å². The highest BCUT2D eigenvalue weighted by Crippen LogP contribution is 1.94. The molecular formula is C7H10N2. The van der Waals surface area contributed by atoms with E-state index in [0.29, 0.717) is 0 Å². The minimum atomic E-state index is 1.02. The molecule has 1 rings (SSSR count). The first-order valence-corrected chi connectivity index (χ1v) is 2.97. The van der Waals surface area contributed by atoms with Crippen LogP contribution in [0, 0.1) is 6.92 Å². The smallest absolute Gasteiger partial charge is 0.109 e. The zero-order chi connectivity index (χ0) is 6.69. The van der Waals surface area contributed by atoms with Crippen LogP contribution in [-0.2, 0) is 0 Å². The van der Waals surface area contributed by atoms with Crippen molar-refractivity contribution in [1.82, 2.24) is 9.55 Å². The highest BCUT2D eigenvalue weighted by Gasteiger charge is 1.87. The third-order valence-corrected chi connectivity index (χ3v) is 1.17. The fourth-order valence-corrected chi connectivity index (χ4v) is 0.706. The van der Waals surface area contributed by atoms with Crippen LogP contribution in [0.3, 0.4) is 0 Å². The molecule has 0 spiro atoms. The van der Waals surface area contributed by atoms with E-state index >= 15 is 0 Å². The van der Waals surface area contributed by atoms with Gasteiger partial charge in [0.15, 0.2) is 0 Å². The summed E-state index contributed by atoms with van der Waals surface area (Å²) >= 11 is 0. The van der Waals surface area contributed by atoms with Gasteiger partial charge in [0.25, 0.3) is 0 Å². The van der Waals surface area contributed by atoms with Crippen molar-refractivity contribution >= 4 is 6.20 Å². The largest absolute Gasteiger partial charge is 0.311 e. The number of aryl methyl sites for hydroxylation is 1. The van der Waals surface area contributed by atoms with Crippen LogP contribution in [0.5, 0.6) is 0 Å².